The quantitative estimate of drug-likeness (QED) is 0.168. The van der Waals surface area contributed by atoms with E-state index in [1.54, 1.807) is 42.5 Å². The molecule has 5 rings (SSSR count). The maximum absolute atomic E-state index is 13.2. The molecule has 40 heavy (non-hydrogen) atoms. The molecule has 4 aromatic carbocycles. The van der Waals surface area contributed by atoms with Crippen molar-refractivity contribution in [1.29, 1.82) is 0 Å². The first-order valence-electron chi connectivity index (χ1n) is 12.9. The van der Waals surface area contributed by atoms with E-state index in [-0.39, 0.29) is 12.2 Å². The van der Waals surface area contributed by atoms with Gasteiger partial charge in [-0.15, -0.1) is 0 Å². The van der Waals surface area contributed by atoms with Crippen molar-refractivity contribution in [3.63, 3.8) is 0 Å². The van der Waals surface area contributed by atoms with Gasteiger partial charge < -0.3 is 14.2 Å². The molecule has 4 amide bonds. The number of hydrogen-bond donors (Lipinski definition) is 1. The number of anilines is 1. The molecule has 0 aromatic heterocycles. The summed E-state index contributed by atoms with van der Waals surface area (Å²) in [4.78, 5) is 39.2. The second kappa shape index (κ2) is 11.7. The SMILES string of the molecule is CCOc1cc(/C=C2\C(=O)NC(=O)N(c3ccc(C)cc3)C2=O)ccc1OCCOc1cccc2ccccc12. The van der Waals surface area contributed by atoms with Gasteiger partial charge in [-0.2, -0.15) is 0 Å². The van der Waals surface area contributed by atoms with Crippen molar-refractivity contribution in [2.24, 2.45) is 0 Å². The topological polar surface area (TPSA) is 94.2 Å². The molecule has 4 aromatic rings. The molecule has 1 fully saturated rings. The van der Waals surface area contributed by atoms with Crippen LogP contribution in [0.25, 0.3) is 16.8 Å². The second-order valence-electron chi connectivity index (χ2n) is 9.11. The van der Waals surface area contributed by atoms with Crippen LogP contribution in [-0.4, -0.2) is 37.7 Å². The highest BCUT2D eigenvalue weighted by molar-refractivity contribution is 6.39. The zero-order valence-electron chi connectivity index (χ0n) is 22.2. The first kappa shape index (κ1) is 26.5. The Morgan fingerprint density at radius 2 is 1.50 bits per heavy atom. The van der Waals surface area contributed by atoms with Gasteiger partial charge in [0, 0.05) is 5.39 Å². The van der Waals surface area contributed by atoms with Crippen LogP contribution in [0.2, 0.25) is 0 Å². The van der Waals surface area contributed by atoms with Crippen LogP contribution in [0.5, 0.6) is 17.2 Å². The van der Waals surface area contributed by atoms with Crippen molar-refractivity contribution in [2.75, 3.05) is 24.7 Å². The van der Waals surface area contributed by atoms with Crippen LogP contribution in [0.15, 0.2) is 90.5 Å². The lowest BCUT2D eigenvalue weighted by molar-refractivity contribution is -0.122. The molecule has 1 aliphatic heterocycles. The number of imide groups is 2. The summed E-state index contributed by atoms with van der Waals surface area (Å²) in [5.41, 5.74) is 1.72. The lowest BCUT2D eigenvalue weighted by Crippen LogP contribution is -2.54. The van der Waals surface area contributed by atoms with Gasteiger partial charge in [0.15, 0.2) is 11.5 Å². The van der Waals surface area contributed by atoms with Gasteiger partial charge in [-0.05, 0) is 61.2 Å². The summed E-state index contributed by atoms with van der Waals surface area (Å²) in [6.45, 7) is 4.74. The van der Waals surface area contributed by atoms with E-state index in [1.165, 1.54) is 6.08 Å². The predicted octanol–water partition coefficient (Wildman–Crippen LogP) is 5.67. The summed E-state index contributed by atoms with van der Waals surface area (Å²) in [7, 11) is 0. The summed E-state index contributed by atoms with van der Waals surface area (Å²) >= 11 is 0. The first-order valence-corrected chi connectivity index (χ1v) is 12.9. The maximum Gasteiger partial charge on any atom is 0.335 e. The molecule has 1 saturated heterocycles. The Morgan fingerprint density at radius 3 is 2.27 bits per heavy atom. The molecule has 0 radical (unpaired) electrons. The summed E-state index contributed by atoms with van der Waals surface area (Å²) in [5, 5.41) is 4.37. The number of hydrogen-bond acceptors (Lipinski definition) is 6. The van der Waals surface area contributed by atoms with Crippen molar-refractivity contribution in [3.8, 4) is 17.2 Å². The number of barbiturate groups is 1. The molecular weight excluding hydrogens is 508 g/mol. The Morgan fingerprint density at radius 1 is 0.775 bits per heavy atom. The van der Waals surface area contributed by atoms with E-state index in [0.717, 1.165) is 27.0 Å². The van der Waals surface area contributed by atoms with Gasteiger partial charge in [-0.25, -0.2) is 9.69 Å². The molecule has 1 N–H and O–H groups in total. The fourth-order valence-electron chi connectivity index (χ4n) is 4.38. The zero-order valence-corrected chi connectivity index (χ0v) is 22.2. The van der Waals surface area contributed by atoms with E-state index in [0.29, 0.717) is 36.0 Å². The Labute approximate surface area is 231 Å². The smallest absolute Gasteiger partial charge is 0.335 e. The van der Waals surface area contributed by atoms with Crippen LogP contribution in [-0.2, 0) is 9.59 Å². The number of ether oxygens (including phenoxy) is 3. The molecule has 8 heteroatoms. The highest BCUT2D eigenvalue weighted by Crippen LogP contribution is 2.31. The lowest BCUT2D eigenvalue weighted by atomic mass is 10.1. The molecule has 8 nitrogen and oxygen atoms in total. The van der Waals surface area contributed by atoms with Gasteiger partial charge in [-0.3, -0.25) is 14.9 Å². The zero-order chi connectivity index (χ0) is 28.1. The van der Waals surface area contributed by atoms with E-state index in [9.17, 15) is 14.4 Å². The molecule has 0 saturated carbocycles. The molecule has 202 valence electrons. The Kier molecular flexibility index (Phi) is 7.77. The number of nitrogens with zero attached hydrogens (tertiary/aromatic N) is 1. The second-order valence-corrected chi connectivity index (χ2v) is 9.11. The number of nitrogens with one attached hydrogen (secondary N) is 1. The molecule has 0 unspecified atom stereocenters. The number of aryl methyl sites for hydroxylation is 1. The number of rotatable bonds is 9. The Bertz CT molecular complexity index is 1600. The van der Waals surface area contributed by atoms with Gasteiger partial charge >= 0.3 is 6.03 Å². The van der Waals surface area contributed by atoms with E-state index < -0.39 is 17.8 Å². The number of amides is 4. The normalized spacial score (nSPS) is 14.4. The third kappa shape index (κ3) is 5.66. The largest absolute Gasteiger partial charge is 0.490 e. The lowest BCUT2D eigenvalue weighted by Gasteiger charge is -2.26. The van der Waals surface area contributed by atoms with Gasteiger partial charge in [0.1, 0.15) is 24.5 Å². The Hall–Kier alpha value is -5.11. The Balaban J connectivity index is 1.31. The third-order valence-corrected chi connectivity index (χ3v) is 6.32. The predicted molar refractivity (Wildman–Crippen MR) is 153 cm³/mol. The van der Waals surface area contributed by atoms with Crippen molar-refractivity contribution >= 4 is 40.4 Å². The van der Waals surface area contributed by atoms with Crippen LogP contribution < -0.4 is 24.4 Å². The monoisotopic (exact) mass is 536 g/mol. The maximum atomic E-state index is 13.2. The summed E-state index contributed by atoms with van der Waals surface area (Å²) in [5.74, 6) is 0.268. The van der Waals surface area contributed by atoms with Gasteiger partial charge in [0.05, 0.1) is 12.3 Å². The van der Waals surface area contributed by atoms with Crippen LogP contribution in [0.4, 0.5) is 10.5 Å². The van der Waals surface area contributed by atoms with Gasteiger partial charge in [0.25, 0.3) is 11.8 Å². The average molecular weight is 537 g/mol. The van der Waals surface area contributed by atoms with E-state index in [2.05, 4.69) is 5.32 Å². The van der Waals surface area contributed by atoms with Gasteiger partial charge in [-0.1, -0.05) is 60.2 Å². The van der Waals surface area contributed by atoms with Crippen molar-refractivity contribution in [2.45, 2.75) is 13.8 Å². The van der Waals surface area contributed by atoms with E-state index in [1.807, 2.05) is 56.3 Å². The number of fused-ring (bicyclic) bond motifs is 1. The fourth-order valence-corrected chi connectivity index (χ4v) is 4.38. The molecule has 0 aliphatic carbocycles. The number of benzene rings is 4. The molecule has 0 spiro atoms. The average Bonchev–Trinajstić information content (AvgIpc) is 2.95. The van der Waals surface area contributed by atoms with E-state index >= 15 is 0 Å². The van der Waals surface area contributed by atoms with Crippen LogP contribution in [0.3, 0.4) is 0 Å². The number of urea groups is 1. The minimum atomic E-state index is -0.791. The fraction of sp³-hybridized carbons (Fsp3) is 0.156. The van der Waals surface area contributed by atoms with Gasteiger partial charge in [0.2, 0.25) is 0 Å². The third-order valence-electron chi connectivity index (χ3n) is 6.32. The number of carbonyl (C=O) groups excluding carboxylic acids is 3. The van der Waals surface area contributed by atoms with Crippen molar-refractivity contribution in [1.82, 2.24) is 5.32 Å². The molecule has 0 bridgehead atoms. The molecule has 1 aliphatic rings. The van der Waals surface area contributed by atoms with E-state index in [4.69, 9.17) is 14.2 Å². The van der Waals surface area contributed by atoms with Crippen LogP contribution >= 0.6 is 0 Å². The molecule has 0 atom stereocenters. The summed E-state index contributed by atoms with van der Waals surface area (Å²) < 4.78 is 17.7. The highest BCUT2D eigenvalue weighted by atomic mass is 16.5. The summed E-state index contributed by atoms with van der Waals surface area (Å²) in [6.07, 6.45) is 1.43. The highest BCUT2D eigenvalue weighted by Gasteiger charge is 2.36. The minimum absolute atomic E-state index is 0.167. The standard InChI is InChI=1S/C32H28N2O6/c1-3-38-29-20-22(19-26-30(35)33-32(37)34(31(26)36)24-14-11-21(2)12-15-24)13-16-28(29)40-18-17-39-27-10-6-8-23-7-4-5-9-25(23)27/h4-16,19-20H,3,17-18H2,1-2H3,(H,33,35,37)/b26-19+. The van der Waals surface area contributed by atoms with Crippen LogP contribution in [0.1, 0.15) is 18.1 Å². The first-order chi connectivity index (χ1) is 19.4. The number of carbonyl (C=O) groups is 3. The summed E-state index contributed by atoms with van der Waals surface area (Å²) in [6, 6.07) is 25.1. The van der Waals surface area contributed by atoms with Crippen molar-refractivity contribution < 1.29 is 28.6 Å². The molecule has 1 heterocycles. The molecular formula is C32H28N2O6. The van der Waals surface area contributed by atoms with Crippen LogP contribution in [0, 0.1) is 6.92 Å². The minimum Gasteiger partial charge on any atom is -0.490 e. The van der Waals surface area contributed by atoms with Crippen molar-refractivity contribution in [3.05, 3.63) is 102 Å².